The minimum atomic E-state index is -0.439. The molecule has 0 aliphatic heterocycles. The molecule has 112 valence electrons. The first kappa shape index (κ1) is 13.9. The van der Waals surface area contributed by atoms with Crippen molar-refractivity contribution in [2.75, 3.05) is 7.11 Å². The lowest BCUT2D eigenvalue weighted by molar-refractivity contribution is -0.384. The number of ether oxygens (including phenoxy) is 2. The molecular formula is C15H13N3O4. The van der Waals surface area contributed by atoms with Crippen molar-refractivity contribution < 1.29 is 14.4 Å². The second-order valence-electron chi connectivity index (χ2n) is 4.58. The summed E-state index contributed by atoms with van der Waals surface area (Å²) in [7, 11) is 1.57. The van der Waals surface area contributed by atoms with Crippen molar-refractivity contribution in [1.29, 1.82) is 0 Å². The van der Waals surface area contributed by atoms with Crippen LogP contribution in [0.2, 0.25) is 0 Å². The van der Waals surface area contributed by atoms with Crippen LogP contribution in [0.25, 0.3) is 11.0 Å². The summed E-state index contributed by atoms with van der Waals surface area (Å²) >= 11 is 0. The Hall–Kier alpha value is -3.09. The molecule has 1 heterocycles. The summed E-state index contributed by atoms with van der Waals surface area (Å²) < 4.78 is 10.9. The van der Waals surface area contributed by atoms with Gasteiger partial charge in [0.2, 0.25) is 0 Å². The van der Waals surface area contributed by atoms with E-state index < -0.39 is 4.92 Å². The Kier molecular flexibility index (Phi) is 3.61. The summed E-state index contributed by atoms with van der Waals surface area (Å²) in [5.74, 6) is 1.83. The minimum absolute atomic E-state index is 0.0216. The van der Waals surface area contributed by atoms with Gasteiger partial charge < -0.3 is 14.5 Å². The van der Waals surface area contributed by atoms with Crippen LogP contribution in [0.3, 0.4) is 0 Å². The van der Waals surface area contributed by atoms with Gasteiger partial charge in [0.15, 0.2) is 11.5 Å². The second kappa shape index (κ2) is 5.72. The van der Waals surface area contributed by atoms with Crippen molar-refractivity contribution >= 4 is 16.7 Å². The lowest BCUT2D eigenvalue weighted by Crippen LogP contribution is -1.99. The van der Waals surface area contributed by atoms with E-state index in [4.69, 9.17) is 9.47 Å². The molecule has 1 aromatic heterocycles. The smallest absolute Gasteiger partial charge is 0.271 e. The highest BCUT2D eigenvalue weighted by atomic mass is 16.6. The maximum Gasteiger partial charge on any atom is 0.271 e. The van der Waals surface area contributed by atoms with Gasteiger partial charge in [0.1, 0.15) is 12.4 Å². The first-order valence-corrected chi connectivity index (χ1v) is 6.56. The fourth-order valence-electron chi connectivity index (χ4n) is 2.12. The average Bonchev–Trinajstić information content (AvgIpc) is 2.95. The van der Waals surface area contributed by atoms with E-state index in [1.165, 1.54) is 12.1 Å². The SMILES string of the molecule is COc1ccccc1OCc1nc2ccc([N+](=O)[O-])cc2[nH]1. The Bertz CT molecular complexity index is 829. The van der Waals surface area contributed by atoms with Crippen LogP contribution in [-0.2, 0) is 6.61 Å². The van der Waals surface area contributed by atoms with E-state index in [1.54, 1.807) is 25.3 Å². The number of hydrogen-bond acceptors (Lipinski definition) is 5. The molecule has 3 aromatic rings. The molecule has 0 unspecified atom stereocenters. The van der Waals surface area contributed by atoms with Crippen LogP contribution in [0.15, 0.2) is 42.5 Å². The number of rotatable bonds is 5. The van der Waals surface area contributed by atoms with Crippen molar-refractivity contribution in [3.63, 3.8) is 0 Å². The lowest BCUT2D eigenvalue weighted by Gasteiger charge is -2.08. The van der Waals surface area contributed by atoms with Gasteiger partial charge in [-0.15, -0.1) is 0 Å². The zero-order valence-electron chi connectivity index (χ0n) is 11.8. The van der Waals surface area contributed by atoms with Crippen molar-refractivity contribution in [2.24, 2.45) is 0 Å². The van der Waals surface area contributed by atoms with E-state index in [0.717, 1.165) is 0 Å². The minimum Gasteiger partial charge on any atom is -0.493 e. The number of nitro groups is 1. The van der Waals surface area contributed by atoms with Crippen molar-refractivity contribution in [1.82, 2.24) is 9.97 Å². The van der Waals surface area contributed by atoms with Gasteiger partial charge in [0.25, 0.3) is 5.69 Å². The number of benzene rings is 2. The van der Waals surface area contributed by atoms with Crippen LogP contribution in [0, 0.1) is 10.1 Å². The number of imidazole rings is 1. The fraction of sp³-hybridized carbons (Fsp3) is 0.133. The Labute approximate surface area is 125 Å². The van der Waals surface area contributed by atoms with E-state index in [9.17, 15) is 10.1 Å². The molecule has 0 radical (unpaired) electrons. The highest BCUT2D eigenvalue weighted by Gasteiger charge is 2.10. The van der Waals surface area contributed by atoms with Gasteiger partial charge in [0, 0.05) is 12.1 Å². The molecule has 22 heavy (non-hydrogen) atoms. The molecule has 7 heteroatoms. The third-order valence-electron chi connectivity index (χ3n) is 3.16. The Morgan fingerprint density at radius 3 is 2.73 bits per heavy atom. The first-order chi connectivity index (χ1) is 10.7. The van der Waals surface area contributed by atoms with Crippen LogP contribution in [-0.4, -0.2) is 22.0 Å². The predicted octanol–water partition coefficient (Wildman–Crippen LogP) is 3.06. The summed E-state index contributed by atoms with van der Waals surface area (Å²) in [6.07, 6.45) is 0. The van der Waals surface area contributed by atoms with E-state index >= 15 is 0 Å². The Morgan fingerprint density at radius 2 is 2.00 bits per heavy atom. The van der Waals surface area contributed by atoms with Gasteiger partial charge in [-0.2, -0.15) is 0 Å². The van der Waals surface area contributed by atoms with Crippen LogP contribution in [0.4, 0.5) is 5.69 Å². The highest BCUT2D eigenvalue weighted by molar-refractivity contribution is 5.77. The first-order valence-electron chi connectivity index (χ1n) is 6.56. The Morgan fingerprint density at radius 1 is 1.23 bits per heavy atom. The van der Waals surface area contributed by atoms with Crippen LogP contribution < -0.4 is 9.47 Å². The maximum absolute atomic E-state index is 10.8. The van der Waals surface area contributed by atoms with Crippen molar-refractivity contribution in [2.45, 2.75) is 6.61 Å². The van der Waals surface area contributed by atoms with E-state index in [-0.39, 0.29) is 12.3 Å². The molecule has 0 amide bonds. The standard InChI is InChI=1S/C15H13N3O4/c1-21-13-4-2-3-5-14(13)22-9-15-16-11-7-6-10(18(19)20)8-12(11)17-15/h2-8H,9H2,1H3,(H,16,17). The molecule has 3 rings (SSSR count). The molecule has 0 aliphatic carbocycles. The molecular weight excluding hydrogens is 286 g/mol. The molecule has 0 aliphatic rings. The maximum atomic E-state index is 10.8. The largest absolute Gasteiger partial charge is 0.493 e. The van der Waals surface area contributed by atoms with Crippen LogP contribution in [0.1, 0.15) is 5.82 Å². The summed E-state index contributed by atoms with van der Waals surface area (Å²) in [5, 5.41) is 10.8. The number of nitrogens with one attached hydrogen (secondary N) is 1. The van der Waals surface area contributed by atoms with Crippen molar-refractivity contribution in [3.8, 4) is 11.5 Å². The number of fused-ring (bicyclic) bond motifs is 1. The van der Waals surface area contributed by atoms with Crippen LogP contribution in [0.5, 0.6) is 11.5 Å². The van der Waals surface area contributed by atoms with Gasteiger partial charge in [-0.1, -0.05) is 12.1 Å². The molecule has 0 saturated carbocycles. The van der Waals surface area contributed by atoms with E-state index in [2.05, 4.69) is 9.97 Å². The molecule has 0 atom stereocenters. The number of H-pyrrole nitrogens is 1. The molecule has 1 N–H and O–H groups in total. The molecule has 0 saturated heterocycles. The molecule has 0 spiro atoms. The second-order valence-corrected chi connectivity index (χ2v) is 4.58. The molecule has 0 fully saturated rings. The summed E-state index contributed by atoms with van der Waals surface area (Å²) in [5.41, 5.74) is 1.28. The normalized spacial score (nSPS) is 10.6. The number of nitrogens with zero attached hydrogens (tertiary/aromatic N) is 2. The van der Waals surface area contributed by atoms with Gasteiger partial charge in [-0.25, -0.2) is 4.98 Å². The average molecular weight is 299 g/mol. The number of aromatic amines is 1. The molecule has 2 aromatic carbocycles. The predicted molar refractivity (Wildman–Crippen MR) is 80.1 cm³/mol. The van der Waals surface area contributed by atoms with E-state index in [1.807, 2.05) is 12.1 Å². The molecule has 0 bridgehead atoms. The van der Waals surface area contributed by atoms with Crippen molar-refractivity contribution in [3.05, 3.63) is 58.4 Å². The van der Waals surface area contributed by atoms with Gasteiger partial charge in [-0.05, 0) is 18.2 Å². The zero-order chi connectivity index (χ0) is 15.5. The van der Waals surface area contributed by atoms with Gasteiger partial charge >= 0.3 is 0 Å². The van der Waals surface area contributed by atoms with E-state index in [0.29, 0.717) is 28.4 Å². The van der Waals surface area contributed by atoms with Crippen LogP contribution >= 0.6 is 0 Å². The lowest BCUT2D eigenvalue weighted by atomic mass is 10.3. The third-order valence-corrected chi connectivity index (χ3v) is 3.16. The van der Waals surface area contributed by atoms with Gasteiger partial charge in [-0.3, -0.25) is 10.1 Å². The number of methoxy groups -OCH3 is 1. The fourth-order valence-corrected chi connectivity index (χ4v) is 2.12. The molecule has 7 nitrogen and oxygen atoms in total. The third kappa shape index (κ3) is 2.69. The number of aromatic nitrogens is 2. The summed E-state index contributed by atoms with van der Waals surface area (Å²) in [4.78, 5) is 17.7. The number of nitro benzene ring substituents is 1. The highest BCUT2D eigenvalue weighted by Crippen LogP contribution is 2.26. The summed E-state index contributed by atoms with van der Waals surface area (Å²) in [6.45, 7) is 0.211. The summed E-state index contributed by atoms with van der Waals surface area (Å²) in [6, 6.07) is 11.8. The number of non-ortho nitro benzene ring substituents is 1. The quantitative estimate of drug-likeness (QED) is 0.577. The monoisotopic (exact) mass is 299 g/mol. The topological polar surface area (TPSA) is 90.3 Å². The zero-order valence-corrected chi connectivity index (χ0v) is 11.8. The Balaban J connectivity index is 1.81. The van der Waals surface area contributed by atoms with Gasteiger partial charge in [0.05, 0.1) is 23.1 Å². The number of hydrogen-bond donors (Lipinski definition) is 1. The number of para-hydroxylation sites is 2.